The fourth-order valence-electron chi connectivity index (χ4n) is 3.12. The molecule has 1 amide bonds. The second-order valence-corrected chi connectivity index (χ2v) is 6.47. The number of amides is 1. The summed E-state index contributed by atoms with van der Waals surface area (Å²) in [5.41, 5.74) is 2.13. The van der Waals surface area contributed by atoms with E-state index >= 15 is 0 Å². The number of aromatic nitrogens is 1. The van der Waals surface area contributed by atoms with Crippen LogP contribution < -0.4 is 5.32 Å². The van der Waals surface area contributed by atoms with E-state index in [-0.39, 0.29) is 12.2 Å². The number of carbonyl (C=O) groups is 1. The Bertz CT molecular complexity index is 862. The van der Waals surface area contributed by atoms with E-state index in [1.54, 1.807) is 6.20 Å². The number of pyridine rings is 1. The average molecular weight is 375 g/mol. The standard InChI is InChI=1S/C20H20F3N3O/c1-14-5-4-10-24-19(14)15-8-11-26(12-9-15)13-18(27)25-17-7-3-2-6-16(17)20(21,22)23/h2-8,10H,9,11-13H2,1H3,(H,25,27). The number of halogens is 3. The summed E-state index contributed by atoms with van der Waals surface area (Å²) in [5.74, 6) is -0.461. The van der Waals surface area contributed by atoms with Crippen LogP contribution in [0.25, 0.3) is 5.57 Å². The summed E-state index contributed by atoms with van der Waals surface area (Å²) < 4.78 is 39.1. The molecule has 0 saturated carbocycles. The predicted octanol–water partition coefficient (Wildman–Crippen LogP) is 4.14. The molecular formula is C20H20F3N3O. The quantitative estimate of drug-likeness (QED) is 0.874. The second kappa shape index (κ2) is 7.92. The number of alkyl halides is 3. The average Bonchev–Trinajstić information content (AvgIpc) is 2.62. The normalized spacial score (nSPS) is 15.3. The van der Waals surface area contributed by atoms with Crippen molar-refractivity contribution < 1.29 is 18.0 Å². The Morgan fingerprint density at radius 3 is 2.67 bits per heavy atom. The highest BCUT2D eigenvalue weighted by molar-refractivity contribution is 5.93. The second-order valence-electron chi connectivity index (χ2n) is 6.47. The van der Waals surface area contributed by atoms with E-state index in [9.17, 15) is 18.0 Å². The fraction of sp³-hybridized carbons (Fsp3) is 0.300. The molecule has 1 N–H and O–H groups in total. The lowest BCUT2D eigenvalue weighted by Gasteiger charge is -2.26. The van der Waals surface area contributed by atoms with Crippen LogP contribution in [0.3, 0.4) is 0 Å². The molecule has 0 saturated heterocycles. The molecule has 0 bridgehead atoms. The summed E-state index contributed by atoms with van der Waals surface area (Å²) >= 11 is 0. The lowest BCUT2D eigenvalue weighted by molar-refractivity contribution is -0.137. The topological polar surface area (TPSA) is 45.2 Å². The molecule has 0 radical (unpaired) electrons. The van der Waals surface area contributed by atoms with Crippen LogP contribution in [0, 0.1) is 6.92 Å². The van der Waals surface area contributed by atoms with Crippen LogP contribution >= 0.6 is 0 Å². The van der Waals surface area contributed by atoms with Crippen molar-refractivity contribution in [1.82, 2.24) is 9.88 Å². The number of aryl methyl sites for hydroxylation is 1. The summed E-state index contributed by atoms with van der Waals surface area (Å²) in [4.78, 5) is 18.5. The molecule has 1 aliphatic heterocycles. The van der Waals surface area contributed by atoms with Gasteiger partial charge in [0, 0.05) is 19.3 Å². The summed E-state index contributed by atoms with van der Waals surface area (Å²) in [7, 11) is 0. The van der Waals surface area contributed by atoms with Gasteiger partial charge in [-0.25, -0.2) is 0 Å². The SMILES string of the molecule is Cc1cccnc1C1=CCN(CC(=O)Nc2ccccc2C(F)(F)F)CC1. The maximum absolute atomic E-state index is 13.0. The van der Waals surface area contributed by atoms with E-state index in [1.165, 1.54) is 18.2 Å². The fourth-order valence-corrected chi connectivity index (χ4v) is 3.12. The first kappa shape index (κ1) is 19.1. The smallest absolute Gasteiger partial charge is 0.324 e. The minimum Gasteiger partial charge on any atom is -0.324 e. The van der Waals surface area contributed by atoms with E-state index in [0.29, 0.717) is 13.1 Å². The van der Waals surface area contributed by atoms with Crippen LogP contribution in [-0.2, 0) is 11.0 Å². The molecule has 27 heavy (non-hydrogen) atoms. The molecule has 3 rings (SSSR count). The molecule has 2 aromatic rings. The van der Waals surface area contributed by atoms with Gasteiger partial charge in [0.1, 0.15) is 0 Å². The first-order valence-corrected chi connectivity index (χ1v) is 8.64. The summed E-state index contributed by atoms with van der Waals surface area (Å²) in [6, 6.07) is 8.88. The van der Waals surface area contributed by atoms with Crippen molar-refractivity contribution >= 4 is 17.2 Å². The Morgan fingerprint density at radius 2 is 2.00 bits per heavy atom. The van der Waals surface area contributed by atoms with E-state index in [4.69, 9.17) is 0 Å². The number of hydrogen-bond donors (Lipinski definition) is 1. The third-order valence-corrected chi connectivity index (χ3v) is 4.48. The highest BCUT2D eigenvalue weighted by atomic mass is 19.4. The van der Waals surface area contributed by atoms with Gasteiger partial charge >= 0.3 is 6.18 Å². The Balaban J connectivity index is 1.62. The predicted molar refractivity (Wildman–Crippen MR) is 98.1 cm³/mol. The summed E-state index contributed by atoms with van der Waals surface area (Å²) in [6.07, 6.45) is 0.00825. The van der Waals surface area contributed by atoms with Crippen LogP contribution in [-0.4, -0.2) is 35.4 Å². The Labute approximate surface area is 155 Å². The number of carbonyl (C=O) groups excluding carboxylic acids is 1. The number of benzene rings is 1. The van der Waals surface area contributed by atoms with E-state index < -0.39 is 17.6 Å². The lowest BCUT2D eigenvalue weighted by Crippen LogP contribution is -2.36. The van der Waals surface area contributed by atoms with Gasteiger partial charge in [-0.2, -0.15) is 13.2 Å². The molecule has 4 nitrogen and oxygen atoms in total. The monoisotopic (exact) mass is 375 g/mol. The number of nitrogens with zero attached hydrogens (tertiary/aromatic N) is 2. The maximum Gasteiger partial charge on any atom is 0.418 e. The van der Waals surface area contributed by atoms with Crippen molar-refractivity contribution in [3.63, 3.8) is 0 Å². The zero-order chi connectivity index (χ0) is 19.4. The Morgan fingerprint density at radius 1 is 1.22 bits per heavy atom. The maximum atomic E-state index is 13.0. The lowest BCUT2D eigenvalue weighted by atomic mass is 10.0. The first-order chi connectivity index (χ1) is 12.8. The van der Waals surface area contributed by atoms with Gasteiger partial charge in [0.15, 0.2) is 0 Å². The molecule has 1 aliphatic rings. The van der Waals surface area contributed by atoms with Crippen LogP contribution in [0.15, 0.2) is 48.7 Å². The summed E-state index contributed by atoms with van der Waals surface area (Å²) in [5, 5.41) is 2.38. The number of nitrogens with one attached hydrogen (secondary N) is 1. The third-order valence-electron chi connectivity index (χ3n) is 4.48. The number of rotatable bonds is 4. The molecular weight excluding hydrogens is 355 g/mol. The molecule has 0 spiro atoms. The molecule has 0 aliphatic carbocycles. The van der Waals surface area contributed by atoms with Crippen molar-refractivity contribution in [2.75, 3.05) is 25.0 Å². The Kier molecular flexibility index (Phi) is 5.60. The molecule has 1 aromatic heterocycles. The van der Waals surface area contributed by atoms with Gasteiger partial charge in [0.25, 0.3) is 0 Å². The molecule has 0 atom stereocenters. The molecule has 0 fully saturated rings. The van der Waals surface area contributed by atoms with E-state index in [2.05, 4.69) is 10.3 Å². The summed E-state index contributed by atoms with van der Waals surface area (Å²) in [6.45, 7) is 3.24. The van der Waals surface area contributed by atoms with Crippen LogP contribution in [0.2, 0.25) is 0 Å². The van der Waals surface area contributed by atoms with Gasteiger partial charge in [0.05, 0.1) is 23.5 Å². The molecule has 0 unspecified atom stereocenters. The van der Waals surface area contributed by atoms with Crippen molar-refractivity contribution in [2.24, 2.45) is 0 Å². The van der Waals surface area contributed by atoms with Gasteiger partial charge in [-0.05, 0) is 42.7 Å². The zero-order valence-corrected chi connectivity index (χ0v) is 14.9. The number of hydrogen-bond acceptors (Lipinski definition) is 3. The third kappa shape index (κ3) is 4.74. The van der Waals surface area contributed by atoms with Crippen LogP contribution in [0.4, 0.5) is 18.9 Å². The van der Waals surface area contributed by atoms with Gasteiger partial charge in [-0.1, -0.05) is 24.3 Å². The largest absolute Gasteiger partial charge is 0.418 e. The van der Waals surface area contributed by atoms with E-state index in [0.717, 1.165) is 29.3 Å². The highest BCUT2D eigenvalue weighted by Gasteiger charge is 2.33. The first-order valence-electron chi connectivity index (χ1n) is 8.64. The minimum absolute atomic E-state index is 0.0389. The number of para-hydroxylation sites is 1. The minimum atomic E-state index is -4.51. The molecule has 2 heterocycles. The van der Waals surface area contributed by atoms with Gasteiger partial charge in [0.2, 0.25) is 5.91 Å². The van der Waals surface area contributed by atoms with Crippen LogP contribution in [0.5, 0.6) is 0 Å². The highest BCUT2D eigenvalue weighted by Crippen LogP contribution is 2.34. The van der Waals surface area contributed by atoms with Crippen molar-refractivity contribution in [3.8, 4) is 0 Å². The molecule has 1 aromatic carbocycles. The molecule has 7 heteroatoms. The number of anilines is 1. The van der Waals surface area contributed by atoms with Crippen molar-refractivity contribution in [2.45, 2.75) is 19.5 Å². The zero-order valence-electron chi connectivity index (χ0n) is 14.9. The Hall–Kier alpha value is -2.67. The van der Waals surface area contributed by atoms with Gasteiger partial charge in [-0.15, -0.1) is 0 Å². The van der Waals surface area contributed by atoms with Gasteiger partial charge in [-0.3, -0.25) is 14.7 Å². The molecule has 142 valence electrons. The van der Waals surface area contributed by atoms with Crippen LogP contribution in [0.1, 0.15) is 23.2 Å². The van der Waals surface area contributed by atoms with Gasteiger partial charge < -0.3 is 5.32 Å². The van der Waals surface area contributed by atoms with Crippen molar-refractivity contribution in [3.05, 3.63) is 65.5 Å². The van der Waals surface area contributed by atoms with E-state index in [1.807, 2.05) is 30.0 Å². The van der Waals surface area contributed by atoms with Crippen molar-refractivity contribution in [1.29, 1.82) is 0 Å².